The molecule has 1 aliphatic rings. The molecule has 33 heavy (non-hydrogen) atoms. The SMILES string of the molecule is CCOc1ccc(CC(=O)Nc2ccc3c(c2)N(CCCc2ccccc2)C(=O)CO3)cc1. The molecule has 0 atom stereocenters. The Bertz CT molecular complexity index is 1100. The van der Waals surface area contributed by atoms with E-state index in [0.717, 1.165) is 24.2 Å². The lowest BCUT2D eigenvalue weighted by atomic mass is 10.1. The quantitative estimate of drug-likeness (QED) is 0.523. The van der Waals surface area contributed by atoms with Crippen molar-refractivity contribution >= 4 is 23.2 Å². The van der Waals surface area contributed by atoms with E-state index in [1.807, 2.05) is 55.5 Å². The smallest absolute Gasteiger partial charge is 0.265 e. The molecule has 2 amide bonds. The topological polar surface area (TPSA) is 67.9 Å². The Labute approximate surface area is 194 Å². The highest BCUT2D eigenvalue weighted by Gasteiger charge is 2.25. The number of rotatable bonds is 9. The molecule has 0 saturated carbocycles. The second-order valence-corrected chi connectivity index (χ2v) is 7.91. The van der Waals surface area contributed by atoms with E-state index in [1.165, 1.54) is 5.56 Å². The maximum atomic E-state index is 12.6. The summed E-state index contributed by atoms with van der Waals surface area (Å²) in [4.78, 5) is 26.9. The zero-order valence-corrected chi connectivity index (χ0v) is 18.8. The molecule has 1 N–H and O–H groups in total. The molecule has 3 aromatic carbocycles. The van der Waals surface area contributed by atoms with Crippen LogP contribution in [0.2, 0.25) is 0 Å². The number of anilines is 2. The molecule has 0 aliphatic carbocycles. The van der Waals surface area contributed by atoms with Crippen molar-refractivity contribution in [2.75, 3.05) is 30.0 Å². The second-order valence-electron chi connectivity index (χ2n) is 7.91. The van der Waals surface area contributed by atoms with E-state index in [2.05, 4.69) is 17.4 Å². The maximum Gasteiger partial charge on any atom is 0.265 e. The molecule has 0 saturated heterocycles. The maximum absolute atomic E-state index is 12.6. The number of carbonyl (C=O) groups excluding carboxylic acids is 2. The lowest BCUT2D eigenvalue weighted by molar-refractivity contribution is -0.121. The molecule has 6 heteroatoms. The molecular formula is C27H28N2O4. The van der Waals surface area contributed by atoms with Gasteiger partial charge in [-0.2, -0.15) is 0 Å². The summed E-state index contributed by atoms with van der Waals surface area (Å²) in [5.41, 5.74) is 3.47. The summed E-state index contributed by atoms with van der Waals surface area (Å²) in [5, 5.41) is 2.93. The van der Waals surface area contributed by atoms with Crippen molar-refractivity contribution in [3.8, 4) is 11.5 Å². The third kappa shape index (κ3) is 5.92. The molecule has 0 aromatic heterocycles. The summed E-state index contributed by atoms with van der Waals surface area (Å²) in [6.07, 6.45) is 1.97. The van der Waals surface area contributed by atoms with Gasteiger partial charge >= 0.3 is 0 Å². The van der Waals surface area contributed by atoms with Gasteiger partial charge in [-0.15, -0.1) is 0 Å². The van der Waals surface area contributed by atoms with Crippen LogP contribution in [0.15, 0.2) is 72.8 Å². The van der Waals surface area contributed by atoms with Gasteiger partial charge in [0, 0.05) is 12.2 Å². The van der Waals surface area contributed by atoms with Crippen molar-refractivity contribution in [1.82, 2.24) is 0 Å². The molecule has 0 fully saturated rings. The molecule has 0 radical (unpaired) electrons. The Morgan fingerprint density at radius 1 is 1.03 bits per heavy atom. The van der Waals surface area contributed by atoms with Crippen LogP contribution in [0.5, 0.6) is 11.5 Å². The van der Waals surface area contributed by atoms with Gasteiger partial charge < -0.3 is 19.7 Å². The Kier molecular flexibility index (Phi) is 7.25. The standard InChI is InChI=1S/C27H28N2O4/c1-2-32-23-13-10-21(11-14-23)17-26(30)28-22-12-15-25-24(18-22)29(27(31)19-33-25)16-6-9-20-7-4-3-5-8-20/h3-5,7-8,10-15,18H,2,6,9,16-17,19H2,1H3,(H,28,30). The number of amides is 2. The normalized spacial score (nSPS) is 12.6. The Balaban J connectivity index is 1.40. The number of aryl methyl sites for hydroxylation is 1. The Morgan fingerprint density at radius 3 is 2.58 bits per heavy atom. The third-order valence-corrected chi connectivity index (χ3v) is 5.47. The minimum atomic E-state index is -0.127. The zero-order chi connectivity index (χ0) is 23.0. The van der Waals surface area contributed by atoms with Gasteiger partial charge in [-0.05, 0) is 61.2 Å². The first kappa shape index (κ1) is 22.4. The largest absolute Gasteiger partial charge is 0.494 e. The van der Waals surface area contributed by atoms with Crippen LogP contribution in [0.1, 0.15) is 24.5 Å². The van der Waals surface area contributed by atoms with E-state index in [4.69, 9.17) is 9.47 Å². The summed E-state index contributed by atoms with van der Waals surface area (Å²) in [6, 6.07) is 23.1. The summed E-state index contributed by atoms with van der Waals surface area (Å²) < 4.78 is 11.0. The highest BCUT2D eigenvalue weighted by molar-refractivity contribution is 5.99. The molecule has 6 nitrogen and oxygen atoms in total. The van der Waals surface area contributed by atoms with Gasteiger partial charge in [0.2, 0.25) is 5.91 Å². The summed E-state index contributed by atoms with van der Waals surface area (Å²) in [5.74, 6) is 1.23. The fourth-order valence-electron chi connectivity index (χ4n) is 3.87. The van der Waals surface area contributed by atoms with Crippen LogP contribution in [-0.2, 0) is 22.4 Å². The summed E-state index contributed by atoms with van der Waals surface area (Å²) >= 11 is 0. The van der Waals surface area contributed by atoms with Crippen molar-refractivity contribution in [3.63, 3.8) is 0 Å². The van der Waals surface area contributed by atoms with Gasteiger partial charge in [0.15, 0.2) is 6.61 Å². The number of nitrogens with zero attached hydrogens (tertiary/aromatic N) is 1. The van der Waals surface area contributed by atoms with Crippen LogP contribution >= 0.6 is 0 Å². The van der Waals surface area contributed by atoms with Gasteiger partial charge in [-0.1, -0.05) is 42.5 Å². The van der Waals surface area contributed by atoms with Crippen LogP contribution in [-0.4, -0.2) is 31.6 Å². The lowest BCUT2D eigenvalue weighted by Crippen LogP contribution is -2.39. The van der Waals surface area contributed by atoms with Crippen LogP contribution in [0.3, 0.4) is 0 Å². The summed E-state index contributed by atoms with van der Waals surface area (Å²) in [7, 11) is 0. The fraction of sp³-hybridized carbons (Fsp3) is 0.259. The monoisotopic (exact) mass is 444 g/mol. The minimum Gasteiger partial charge on any atom is -0.494 e. The van der Waals surface area contributed by atoms with Gasteiger partial charge in [-0.3, -0.25) is 9.59 Å². The predicted octanol–water partition coefficient (Wildman–Crippen LogP) is 4.62. The molecule has 0 bridgehead atoms. The highest BCUT2D eigenvalue weighted by Crippen LogP contribution is 2.35. The Hall–Kier alpha value is -3.80. The van der Waals surface area contributed by atoms with Crippen molar-refractivity contribution in [2.24, 2.45) is 0 Å². The van der Waals surface area contributed by atoms with Crippen molar-refractivity contribution in [3.05, 3.63) is 83.9 Å². The number of nitrogens with one attached hydrogen (secondary N) is 1. The highest BCUT2D eigenvalue weighted by atomic mass is 16.5. The van der Waals surface area contributed by atoms with Crippen LogP contribution in [0, 0.1) is 0 Å². The number of ether oxygens (including phenoxy) is 2. The molecule has 3 aromatic rings. The van der Waals surface area contributed by atoms with E-state index < -0.39 is 0 Å². The molecule has 170 valence electrons. The molecule has 0 spiro atoms. The first-order valence-electron chi connectivity index (χ1n) is 11.2. The van der Waals surface area contributed by atoms with E-state index in [-0.39, 0.29) is 24.8 Å². The van der Waals surface area contributed by atoms with E-state index >= 15 is 0 Å². The first-order valence-corrected chi connectivity index (χ1v) is 11.2. The molecular weight excluding hydrogens is 416 g/mol. The van der Waals surface area contributed by atoms with Crippen LogP contribution in [0.4, 0.5) is 11.4 Å². The van der Waals surface area contributed by atoms with E-state index in [0.29, 0.717) is 30.3 Å². The molecule has 1 heterocycles. The van der Waals surface area contributed by atoms with E-state index in [1.54, 1.807) is 17.0 Å². The number of hydrogen-bond acceptors (Lipinski definition) is 4. The van der Waals surface area contributed by atoms with Crippen molar-refractivity contribution in [1.29, 1.82) is 0 Å². The molecule has 4 rings (SSSR count). The van der Waals surface area contributed by atoms with Crippen molar-refractivity contribution < 1.29 is 19.1 Å². The summed E-state index contributed by atoms with van der Waals surface area (Å²) in [6.45, 7) is 3.16. The van der Waals surface area contributed by atoms with Gasteiger partial charge in [-0.25, -0.2) is 0 Å². The third-order valence-electron chi connectivity index (χ3n) is 5.47. The second kappa shape index (κ2) is 10.7. The fourth-order valence-corrected chi connectivity index (χ4v) is 3.87. The number of hydrogen-bond donors (Lipinski definition) is 1. The Morgan fingerprint density at radius 2 is 1.82 bits per heavy atom. The number of carbonyl (C=O) groups is 2. The van der Waals surface area contributed by atoms with Gasteiger partial charge in [0.05, 0.1) is 18.7 Å². The lowest BCUT2D eigenvalue weighted by Gasteiger charge is -2.30. The van der Waals surface area contributed by atoms with Crippen LogP contribution in [0.25, 0.3) is 0 Å². The minimum absolute atomic E-state index is 0.0295. The molecule has 1 aliphatic heterocycles. The van der Waals surface area contributed by atoms with Gasteiger partial charge in [0.25, 0.3) is 5.91 Å². The average molecular weight is 445 g/mol. The van der Waals surface area contributed by atoms with Crippen LogP contribution < -0.4 is 19.7 Å². The average Bonchev–Trinajstić information content (AvgIpc) is 2.82. The molecule has 0 unspecified atom stereocenters. The van der Waals surface area contributed by atoms with Gasteiger partial charge in [0.1, 0.15) is 11.5 Å². The number of benzene rings is 3. The number of fused-ring (bicyclic) bond motifs is 1. The zero-order valence-electron chi connectivity index (χ0n) is 18.8. The van der Waals surface area contributed by atoms with Crippen molar-refractivity contribution in [2.45, 2.75) is 26.2 Å². The predicted molar refractivity (Wildman–Crippen MR) is 129 cm³/mol. The van der Waals surface area contributed by atoms with E-state index in [9.17, 15) is 9.59 Å². The first-order chi connectivity index (χ1) is 16.1.